The van der Waals surface area contributed by atoms with E-state index >= 15 is 0 Å². The molecule has 1 fully saturated rings. The normalized spacial score (nSPS) is 21.9. The van der Waals surface area contributed by atoms with Gasteiger partial charge in [-0.05, 0) is 42.5 Å². The van der Waals surface area contributed by atoms with Crippen molar-refractivity contribution >= 4 is 27.4 Å². The van der Waals surface area contributed by atoms with E-state index in [0.29, 0.717) is 22.8 Å². The molecule has 116 valence electrons. The molecule has 1 aliphatic heterocycles. The minimum absolute atomic E-state index is 0.0627. The van der Waals surface area contributed by atoms with Crippen LogP contribution in [0.1, 0.15) is 12.0 Å². The second kappa shape index (κ2) is 6.23. The Morgan fingerprint density at radius 2 is 2.24 bits per heavy atom. The minimum Gasteiger partial charge on any atom is -0.496 e. The lowest BCUT2D eigenvalue weighted by molar-refractivity contribution is -0.143. The summed E-state index contributed by atoms with van der Waals surface area (Å²) in [5.74, 6) is -1.54. The standard InChI is InChI=1S/C14H17ClO5S/c1-20-13-3-2-11(15)6-10(13)7-12(14(16)17)9-4-5-21(18,19)8-9/h2-3,6,9,12H,4-5,7-8H2,1H3,(H,16,17). The molecule has 2 unspecified atom stereocenters. The predicted octanol–water partition coefficient (Wildman–Crippen LogP) is 2.03. The first kappa shape index (κ1) is 16.1. The lowest BCUT2D eigenvalue weighted by Crippen LogP contribution is -2.27. The van der Waals surface area contributed by atoms with E-state index in [0.717, 1.165) is 0 Å². The van der Waals surface area contributed by atoms with E-state index in [-0.39, 0.29) is 23.8 Å². The number of carboxylic acids is 1. The summed E-state index contributed by atoms with van der Waals surface area (Å²) >= 11 is 5.94. The van der Waals surface area contributed by atoms with Gasteiger partial charge in [0.05, 0.1) is 24.5 Å². The zero-order valence-electron chi connectivity index (χ0n) is 11.6. The molecule has 1 heterocycles. The van der Waals surface area contributed by atoms with Crippen LogP contribution in [0.25, 0.3) is 0 Å². The molecule has 0 amide bonds. The largest absolute Gasteiger partial charge is 0.496 e. The van der Waals surface area contributed by atoms with Crippen molar-refractivity contribution in [2.45, 2.75) is 12.8 Å². The van der Waals surface area contributed by atoms with E-state index in [1.54, 1.807) is 18.2 Å². The second-order valence-electron chi connectivity index (χ2n) is 5.27. The number of carbonyl (C=O) groups is 1. The highest BCUT2D eigenvalue weighted by Crippen LogP contribution is 2.32. The highest BCUT2D eigenvalue weighted by molar-refractivity contribution is 7.91. The van der Waals surface area contributed by atoms with Gasteiger partial charge in [0.1, 0.15) is 5.75 Å². The average molecular weight is 333 g/mol. The Kier molecular flexibility index (Phi) is 4.78. The summed E-state index contributed by atoms with van der Waals surface area (Å²) in [6.07, 6.45) is 0.599. The maximum absolute atomic E-state index is 11.6. The fraction of sp³-hybridized carbons (Fsp3) is 0.500. The van der Waals surface area contributed by atoms with Gasteiger partial charge in [-0.2, -0.15) is 0 Å². The smallest absolute Gasteiger partial charge is 0.307 e. The van der Waals surface area contributed by atoms with Crippen molar-refractivity contribution < 1.29 is 23.1 Å². The van der Waals surface area contributed by atoms with Crippen LogP contribution in [-0.4, -0.2) is 38.1 Å². The number of halogens is 1. The van der Waals surface area contributed by atoms with Gasteiger partial charge in [0.25, 0.3) is 0 Å². The van der Waals surface area contributed by atoms with Crippen LogP contribution >= 0.6 is 11.6 Å². The SMILES string of the molecule is COc1ccc(Cl)cc1CC(C(=O)O)C1CCS(=O)(=O)C1. The molecular weight excluding hydrogens is 316 g/mol. The van der Waals surface area contributed by atoms with Gasteiger partial charge in [-0.3, -0.25) is 4.79 Å². The molecule has 5 nitrogen and oxygen atoms in total. The number of rotatable bonds is 5. The lowest BCUT2D eigenvalue weighted by atomic mass is 9.86. The summed E-state index contributed by atoms with van der Waals surface area (Å²) in [7, 11) is -1.61. The molecule has 1 aliphatic rings. The lowest BCUT2D eigenvalue weighted by Gasteiger charge is -2.19. The van der Waals surface area contributed by atoms with Gasteiger partial charge < -0.3 is 9.84 Å². The molecule has 0 spiro atoms. The van der Waals surface area contributed by atoms with Crippen molar-refractivity contribution in [2.75, 3.05) is 18.6 Å². The Morgan fingerprint density at radius 3 is 2.76 bits per heavy atom. The third-order valence-electron chi connectivity index (χ3n) is 3.84. The van der Waals surface area contributed by atoms with Crippen LogP contribution in [0, 0.1) is 11.8 Å². The van der Waals surface area contributed by atoms with Gasteiger partial charge in [0.15, 0.2) is 9.84 Å². The number of methoxy groups -OCH3 is 1. The zero-order valence-corrected chi connectivity index (χ0v) is 13.2. The number of hydrogen-bond acceptors (Lipinski definition) is 4. The van der Waals surface area contributed by atoms with E-state index < -0.39 is 21.7 Å². The van der Waals surface area contributed by atoms with Gasteiger partial charge in [-0.15, -0.1) is 0 Å². The van der Waals surface area contributed by atoms with Crippen molar-refractivity contribution in [3.05, 3.63) is 28.8 Å². The molecule has 1 N–H and O–H groups in total. The van der Waals surface area contributed by atoms with Crippen LogP contribution in [0.15, 0.2) is 18.2 Å². The van der Waals surface area contributed by atoms with Crippen molar-refractivity contribution in [2.24, 2.45) is 11.8 Å². The molecule has 1 saturated heterocycles. The van der Waals surface area contributed by atoms with Crippen molar-refractivity contribution in [3.63, 3.8) is 0 Å². The van der Waals surface area contributed by atoms with Crippen molar-refractivity contribution in [3.8, 4) is 5.75 Å². The Labute approximate surface area is 128 Å². The number of benzene rings is 1. The molecule has 21 heavy (non-hydrogen) atoms. The van der Waals surface area contributed by atoms with Crippen LogP contribution in [0.5, 0.6) is 5.75 Å². The van der Waals surface area contributed by atoms with Crippen LogP contribution in [0.3, 0.4) is 0 Å². The summed E-state index contributed by atoms with van der Waals surface area (Å²) in [4.78, 5) is 11.5. The number of carboxylic acid groups (broad SMARTS) is 1. The van der Waals surface area contributed by atoms with Gasteiger partial charge in [0.2, 0.25) is 0 Å². The number of ether oxygens (including phenoxy) is 1. The molecule has 0 aromatic heterocycles. The minimum atomic E-state index is -3.11. The molecule has 0 saturated carbocycles. The first-order valence-electron chi connectivity index (χ1n) is 6.58. The molecule has 7 heteroatoms. The highest BCUT2D eigenvalue weighted by Gasteiger charge is 2.37. The Bertz CT molecular complexity index is 641. The Balaban J connectivity index is 2.25. The number of sulfone groups is 1. The highest BCUT2D eigenvalue weighted by atomic mass is 35.5. The molecule has 1 aromatic rings. The third kappa shape index (κ3) is 3.89. The fourth-order valence-electron chi connectivity index (χ4n) is 2.74. The molecule has 0 bridgehead atoms. The first-order valence-corrected chi connectivity index (χ1v) is 8.78. The Morgan fingerprint density at radius 1 is 1.52 bits per heavy atom. The summed E-state index contributed by atoms with van der Waals surface area (Å²) in [5.41, 5.74) is 0.682. The van der Waals surface area contributed by atoms with Crippen molar-refractivity contribution in [1.82, 2.24) is 0 Å². The molecule has 0 radical (unpaired) electrons. The van der Waals surface area contributed by atoms with Crippen LogP contribution in [0.2, 0.25) is 5.02 Å². The van der Waals surface area contributed by atoms with Crippen LogP contribution < -0.4 is 4.74 Å². The Hall–Kier alpha value is -1.27. The average Bonchev–Trinajstić information content (AvgIpc) is 2.76. The molecule has 1 aromatic carbocycles. The van der Waals surface area contributed by atoms with E-state index in [1.165, 1.54) is 7.11 Å². The molecular formula is C14H17ClO5S. The number of hydrogen-bond donors (Lipinski definition) is 1. The van der Waals surface area contributed by atoms with E-state index in [1.807, 2.05) is 0 Å². The first-order chi connectivity index (χ1) is 9.82. The summed E-state index contributed by atoms with van der Waals surface area (Å²) in [6, 6.07) is 5.02. The maximum atomic E-state index is 11.6. The third-order valence-corrected chi connectivity index (χ3v) is 5.86. The van der Waals surface area contributed by atoms with Gasteiger partial charge in [0, 0.05) is 5.02 Å². The van der Waals surface area contributed by atoms with Gasteiger partial charge >= 0.3 is 5.97 Å². The van der Waals surface area contributed by atoms with E-state index in [4.69, 9.17) is 16.3 Å². The summed E-state index contributed by atoms with van der Waals surface area (Å²) in [6.45, 7) is 0. The molecule has 0 aliphatic carbocycles. The van der Waals surface area contributed by atoms with Crippen molar-refractivity contribution in [1.29, 1.82) is 0 Å². The van der Waals surface area contributed by atoms with E-state index in [2.05, 4.69) is 0 Å². The summed E-state index contributed by atoms with van der Waals surface area (Å²) in [5, 5.41) is 9.92. The molecule has 2 rings (SSSR count). The monoisotopic (exact) mass is 332 g/mol. The zero-order chi connectivity index (χ0) is 15.6. The fourth-order valence-corrected chi connectivity index (χ4v) is 4.81. The summed E-state index contributed by atoms with van der Waals surface area (Å²) < 4.78 is 28.3. The molecule has 2 atom stereocenters. The predicted molar refractivity (Wildman–Crippen MR) is 79.6 cm³/mol. The van der Waals surface area contributed by atoms with Gasteiger partial charge in [-0.25, -0.2) is 8.42 Å². The van der Waals surface area contributed by atoms with Crippen LogP contribution in [-0.2, 0) is 21.1 Å². The maximum Gasteiger partial charge on any atom is 0.307 e. The van der Waals surface area contributed by atoms with Crippen LogP contribution in [0.4, 0.5) is 0 Å². The van der Waals surface area contributed by atoms with Gasteiger partial charge in [-0.1, -0.05) is 11.6 Å². The topological polar surface area (TPSA) is 80.7 Å². The number of aliphatic carboxylic acids is 1. The second-order valence-corrected chi connectivity index (χ2v) is 7.93. The van der Waals surface area contributed by atoms with E-state index in [9.17, 15) is 18.3 Å². The quantitative estimate of drug-likeness (QED) is 0.892.